The molecule has 0 heterocycles. The molecule has 3 heteroatoms. The second-order valence-corrected chi connectivity index (χ2v) is 7.50. The van der Waals surface area contributed by atoms with Gasteiger partial charge >= 0.3 is 5.97 Å². The van der Waals surface area contributed by atoms with Crippen molar-refractivity contribution in [2.24, 2.45) is 5.92 Å². The number of hydrogen-bond acceptors (Lipinski definition) is 3. The van der Waals surface area contributed by atoms with Crippen molar-refractivity contribution in [3.8, 4) is 5.75 Å². The summed E-state index contributed by atoms with van der Waals surface area (Å²) in [5.41, 5.74) is 0.468. The molecule has 0 fully saturated rings. The van der Waals surface area contributed by atoms with Gasteiger partial charge in [-0.1, -0.05) is 19.1 Å². The summed E-state index contributed by atoms with van der Waals surface area (Å²) in [5, 5.41) is 0. The van der Waals surface area contributed by atoms with Crippen LogP contribution in [-0.4, -0.2) is 17.2 Å². The maximum absolute atomic E-state index is 12.0. The minimum absolute atomic E-state index is 0.154. The lowest BCUT2D eigenvalue weighted by atomic mass is 10.0. The van der Waals surface area contributed by atoms with E-state index in [4.69, 9.17) is 9.47 Å². The summed E-state index contributed by atoms with van der Waals surface area (Å²) in [7, 11) is 0. The van der Waals surface area contributed by atoms with Crippen LogP contribution in [0.2, 0.25) is 0 Å². The van der Waals surface area contributed by atoms with Crippen LogP contribution in [0.4, 0.5) is 0 Å². The summed E-state index contributed by atoms with van der Waals surface area (Å²) in [4.78, 5) is 12.0. The van der Waals surface area contributed by atoms with Gasteiger partial charge in [-0.15, -0.1) is 0 Å². The average molecular weight is 292 g/mol. The van der Waals surface area contributed by atoms with E-state index in [2.05, 4.69) is 0 Å². The number of hydrogen-bond donors (Lipinski definition) is 0. The Morgan fingerprint density at radius 3 is 1.95 bits per heavy atom. The fourth-order valence-electron chi connectivity index (χ4n) is 1.89. The molecular weight excluding hydrogens is 264 g/mol. The molecular formula is C18H28O3. The number of benzene rings is 1. The summed E-state index contributed by atoms with van der Waals surface area (Å²) in [6.45, 7) is 13.6. The number of ether oxygens (including phenoxy) is 2. The summed E-state index contributed by atoms with van der Waals surface area (Å²) < 4.78 is 11.2. The fourth-order valence-corrected chi connectivity index (χ4v) is 1.89. The lowest BCUT2D eigenvalue weighted by Crippen LogP contribution is -2.28. The highest BCUT2D eigenvalue weighted by molar-refractivity contribution is 5.72. The molecule has 0 unspecified atom stereocenters. The minimum atomic E-state index is -0.435. The average Bonchev–Trinajstić information content (AvgIpc) is 2.27. The molecule has 3 nitrogen and oxygen atoms in total. The molecule has 0 amide bonds. The zero-order valence-electron chi connectivity index (χ0n) is 14.3. The monoisotopic (exact) mass is 292 g/mol. The predicted octanol–water partition coefficient (Wildman–Crippen LogP) is 4.38. The zero-order valence-corrected chi connectivity index (χ0v) is 14.3. The Labute approximate surface area is 128 Å². The van der Waals surface area contributed by atoms with Crippen LogP contribution in [0.5, 0.6) is 5.75 Å². The normalized spacial score (nSPS) is 13.7. The first-order chi connectivity index (χ1) is 9.46. The van der Waals surface area contributed by atoms with Crippen LogP contribution >= 0.6 is 0 Å². The highest BCUT2D eigenvalue weighted by Crippen LogP contribution is 2.20. The van der Waals surface area contributed by atoms with Crippen molar-refractivity contribution in [1.82, 2.24) is 0 Å². The van der Waals surface area contributed by atoms with Gasteiger partial charge in [0.05, 0.1) is 5.92 Å². The van der Waals surface area contributed by atoms with Crippen LogP contribution < -0.4 is 4.74 Å². The van der Waals surface area contributed by atoms with Gasteiger partial charge in [0.1, 0.15) is 17.0 Å². The molecule has 0 bridgehead atoms. The van der Waals surface area contributed by atoms with Gasteiger partial charge in [0.2, 0.25) is 0 Å². The topological polar surface area (TPSA) is 35.5 Å². The molecule has 0 radical (unpaired) electrons. The Kier molecular flexibility index (Phi) is 5.43. The third-order valence-corrected chi connectivity index (χ3v) is 2.70. The van der Waals surface area contributed by atoms with E-state index in [0.717, 1.165) is 11.3 Å². The highest BCUT2D eigenvalue weighted by atomic mass is 16.6. The van der Waals surface area contributed by atoms with Crippen LogP contribution in [0.3, 0.4) is 0 Å². The quantitative estimate of drug-likeness (QED) is 0.772. The van der Waals surface area contributed by atoms with E-state index in [1.54, 1.807) is 0 Å². The van der Waals surface area contributed by atoms with Crippen LogP contribution in [0.1, 0.15) is 54.0 Å². The molecule has 1 aromatic rings. The van der Waals surface area contributed by atoms with Crippen molar-refractivity contribution in [2.75, 3.05) is 0 Å². The molecule has 0 aliphatic rings. The molecule has 0 aromatic heterocycles. The second-order valence-electron chi connectivity index (χ2n) is 7.50. The molecule has 1 rings (SSSR count). The van der Waals surface area contributed by atoms with Crippen molar-refractivity contribution in [3.63, 3.8) is 0 Å². The first kappa shape index (κ1) is 17.5. The van der Waals surface area contributed by atoms with Crippen molar-refractivity contribution in [1.29, 1.82) is 0 Å². The lowest BCUT2D eigenvalue weighted by molar-refractivity contribution is -0.159. The van der Waals surface area contributed by atoms with Gasteiger partial charge in [0, 0.05) is 0 Å². The molecule has 0 aliphatic heterocycles. The van der Waals surface area contributed by atoms with Gasteiger partial charge in [-0.2, -0.15) is 0 Å². The van der Waals surface area contributed by atoms with E-state index < -0.39 is 5.60 Å². The largest absolute Gasteiger partial charge is 0.488 e. The van der Waals surface area contributed by atoms with Crippen molar-refractivity contribution >= 4 is 5.97 Å². The zero-order chi connectivity index (χ0) is 16.3. The van der Waals surface area contributed by atoms with E-state index in [-0.39, 0.29) is 17.5 Å². The summed E-state index contributed by atoms with van der Waals surface area (Å²) in [5.74, 6) is 0.535. The molecule has 1 atom stereocenters. The van der Waals surface area contributed by atoms with Gasteiger partial charge in [-0.05, 0) is 65.7 Å². The van der Waals surface area contributed by atoms with E-state index in [0.29, 0.717) is 6.42 Å². The predicted molar refractivity (Wildman–Crippen MR) is 85.5 cm³/mol. The maximum atomic E-state index is 12.0. The molecule has 0 saturated heterocycles. The Balaban J connectivity index is 2.61. The van der Waals surface area contributed by atoms with E-state index in [1.165, 1.54) is 0 Å². The Bertz CT molecular complexity index is 461. The Hall–Kier alpha value is -1.51. The Morgan fingerprint density at radius 2 is 1.52 bits per heavy atom. The van der Waals surface area contributed by atoms with Gasteiger partial charge in [-0.3, -0.25) is 4.79 Å². The molecule has 21 heavy (non-hydrogen) atoms. The first-order valence-corrected chi connectivity index (χ1v) is 7.47. The number of carbonyl (C=O) groups is 1. The molecule has 1 aromatic carbocycles. The van der Waals surface area contributed by atoms with Crippen molar-refractivity contribution < 1.29 is 14.3 Å². The first-order valence-electron chi connectivity index (χ1n) is 7.47. The minimum Gasteiger partial charge on any atom is -0.488 e. The van der Waals surface area contributed by atoms with Crippen LogP contribution in [0.15, 0.2) is 24.3 Å². The summed E-state index contributed by atoms with van der Waals surface area (Å²) in [6, 6.07) is 7.90. The van der Waals surface area contributed by atoms with Crippen molar-refractivity contribution in [3.05, 3.63) is 29.8 Å². The summed E-state index contributed by atoms with van der Waals surface area (Å²) >= 11 is 0. The fraction of sp³-hybridized carbons (Fsp3) is 0.611. The molecule has 0 N–H and O–H groups in total. The van der Waals surface area contributed by atoms with Crippen molar-refractivity contribution in [2.45, 2.75) is 66.1 Å². The number of rotatable bonds is 4. The Morgan fingerprint density at radius 1 is 1.00 bits per heavy atom. The van der Waals surface area contributed by atoms with Crippen LogP contribution in [-0.2, 0) is 16.0 Å². The van der Waals surface area contributed by atoms with E-state index in [9.17, 15) is 4.79 Å². The van der Waals surface area contributed by atoms with Gasteiger partial charge in [0.15, 0.2) is 0 Å². The van der Waals surface area contributed by atoms with E-state index >= 15 is 0 Å². The van der Waals surface area contributed by atoms with Gasteiger partial charge in [-0.25, -0.2) is 0 Å². The lowest BCUT2D eigenvalue weighted by Gasteiger charge is -2.23. The smallest absolute Gasteiger partial charge is 0.309 e. The van der Waals surface area contributed by atoms with Gasteiger partial charge < -0.3 is 9.47 Å². The third-order valence-electron chi connectivity index (χ3n) is 2.70. The highest BCUT2D eigenvalue weighted by Gasteiger charge is 2.22. The molecule has 0 saturated carbocycles. The van der Waals surface area contributed by atoms with Crippen LogP contribution in [0, 0.1) is 5.92 Å². The molecule has 118 valence electrons. The van der Waals surface area contributed by atoms with Gasteiger partial charge in [0.25, 0.3) is 0 Å². The second kappa shape index (κ2) is 6.50. The standard InChI is InChI=1S/C18H28O3/c1-13(16(19)21-18(5,6)7)12-14-8-10-15(11-9-14)20-17(2,3)4/h8-11,13H,12H2,1-7H3/t13-/m1/s1. The number of carbonyl (C=O) groups excluding carboxylic acids is 1. The summed E-state index contributed by atoms with van der Waals surface area (Å²) in [6.07, 6.45) is 0.671. The molecule has 0 aliphatic carbocycles. The maximum Gasteiger partial charge on any atom is 0.309 e. The third kappa shape index (κ3) is 7.16. The van der Waals surface area contributed by atoms with Crippen LogP contribution in [0.25, 0.3) is 0 Å². The number of esters is 1. The SMILES string of the molecule is C[C@H](Cc1ccc(OC(C)(C)C)cc1)C(=O)OC(C)(C)C. The van der Waals surface area contributed by atoms with E-state index in [1.807, 2.05) is 72.7 Å². The molecule has 0 spiro atoms.